The molecule has 1 aliphatic heterocycles. The van der Waals surface area contributed by atoms with Crippen molar-refractivity contribution in [2.75, 3.05) is 13.7 Å². The van der Waals surface area contributed by atoms with Crippen molar-refractivity contribution < 1.29 is 13.2 Å². The van der Waals surface area contributed by atoms with Gasteiger partial charge in [0.05, 0.1) is 6.67 Å². The number of rotatable bonds is 2. The van der Waals surface area contributed by atoms with Crippen LogP contribution in [0, 0.1) is 0 Å². The van der Waals surface area contributed by atoms with Gasteiger partial charge in [-0.25, -0.2) is 13.2 Å². The molecule has 1 aliphatic rings. The first-order valence-corrected chi connectivity index (χ1v) is 3.18. The van der Waals surface area contributed by atoms with Crippen molar-refractivity contribution >= 4 is 0 Å². The molecule has 0 amide bonds. The summed E-state index contributed by atoms with van der Waals surface area (Å²) >= 11 is 0. The molecule has 0 aliphatic carbocycles. The third-order valence-corrected chi connectivity index (χ3v) is 1.42. The smallest absolute Gasteiger partial charge is 0.287 e. The Morgan fingerprint density at radius 2 is 1.91 bits per heavy atom. The second-order valence-corrected chi connectivity index (χ2v) is 2.42. The largest absolute Gasteiger partial charge is 0.362 e. The van der Waals surface area contributed by atoms with E-state index in [9.17, 15) is 13.2 Å². The predicted molar refractivity (Wildman–Crippen MR) is 34.5 cm³/mol. The first-order chi connectivity index (χ1) is 5.11. The Hall–Kier alpha value is -0.870. The highest BCUT2D eigenvalue weighted by Gasteiger charge is 2.27. The summed E-state index contributed by atoms with van der Waals surface area (Å²) in [6, 6.07) is 0. The summed E-state index contributed by atoms with van der Waals surface area (Å²) in [6.07, 6.45) is -2.26. The molecule has 0 aromatic heterocycles. The van der Waals surface area contributed by atoms with Gasteiger partial charge in [0.15, 0.2) is 0 Å². The molecule has 1 heterocycles. The van der Waals surface area contributed by atoms with Crippen LogP contribution in [0.3, 0.4) is 0 Å². The van der Waals surface area contributed by atoms with Crippen LogP contribution in [0.25, 0.3) is 0 Å². The minimum atomic E-state index is -2.94. The van der Waals surface area contributed by atoms with Crippen molar-refractivity contribution in [3.8, 4) is 0 Å². The van der Waals surface area contributed by atoms with Crippen LogP contribution in [0.2, 0.25) is 0 Å². The Morgan fingerprint density at radius 3 is 2.27 bits per heavy atom. The molecule has 0 saturated carbocycles. The van der Waals surface area contributed by atoms with Crippen molar-refractivity contribution in [1.29, 1.82) is 0 Å². The summed E-state index contributed by atoms with van der Waals surface area (Å²) in [4.78, 5) is 2.57. The molecule has 0 saturated heterocycles. The van der Waals surface area contributed by atoms with Gasteiger partial charge < -0.3 is 9.80 Å². The van der Waals surface area contributed by atoms with E-state index in [4.69, 9.17) is 0 Å². The second-order valence-electron chi connectivity index (χ2n) is 2.42. The third kappa shape index (κ3) is 1.78. The fourth-order valence-electron chi connectivity index (χ4n) is 0.856. The SMILES string of the molecule is CN1C=CN(C(F)C(F)F)C1. The monoisotopic (exact) mass is 166 g/mol. The highest BCUT2D eigenvalue weighted by Crippen LogP contribution is 2.15. The van der Waals surface area contributed by atoms with Crippen molar-refractivity contribution in [1.82, 2.24) is 9.80 Å². The van der Waals surface area contributed by atoms with Gasteiger partial charge in [0.1, 0.15) is 0 Å². The van der Waals surface area contributed by atoms with Gasteiger partial charge in [0.25, 0.3) is 6.43 Å². The lowest BCUT2D eigenvalue weighted by Crippen LogP contribution is -2.34. The number of nitrogens with zero attached hydrogens (tertiary/aromatic N) is 2. The number of hydrogen-bond acceptors (Lipinski definition) is 2. The Bertz CT molecular complexity index is 160. The minimum Gasteiger partial charge on any atom is -0.362 e. The average Bonchev–Trinajstić information content (AvgIpc) is 2.34. The number of hydrogen-bond donors (Lipinski definition) is 0. The molecule has 0 N–H and O–H groups in total. The fraction of sp³-hybridized carbons (Fsp3) is 0.667. The van der Waals surface area contributed by atoms with E-state index in [-0.39, 0.29) is 6.67 Å². The maximum Gasteiger partial charge on any atom is 0.287 e. The zero-order valence-corrected chi connectivity index (χ0v) is 6.04. The van der Waals surface area contributed by atoms with E-state index in [1.165, 1.54) is 6.20 Å². The normalized spacial score (nSPS) is 20.1. The van der Waals surface area contributed by atoms with Gasteiger partial charge in [0, 0.05) is 19.4 Å². The van der Waals surface area contributed by atoms with E-state index < -0.39 is 12.7 Å². The van der Waals surface area contributed by atoms with Crippen molar-refractivity contribution in [3.63, 3.8) is 0 Å². The van der Waals surface area contributed by atoms with Crippen LogP contribution in [0.1, 0.15) is 0 Å². The molecule has 5 heteroatoms. The molecule has 0 radical (unpaired) electrons. The molecule has 1 unspecified atom stereocenters. The Kier molecular flexibility index (Phi) is 2.26. The standard InChI is InChI=1S/C6H9F3N2/c1-10-2-3-11(4-10)6(9)5(7)8/h2-3,5-6H,4H2,1H3. The van der Waals surface area contributed by atoms with E-state index in [0.29, 0.717) is 0 Å². The van der Waals surface area contributed by atoms with Crippen LogP contribution in [-0.2, 0) is 0 Å². The maximum absolute atomic E-state index is 12.5. The van der Waals surface area contributed by atoms with Gasteiger partial charge in [-0.15, -0.1) is 0 Å². The lowest BCUT2D eigenvalue weighted by molar-refractivity contribution is -0.0318. The summed E-state index contributed by atoms with van der Waals surface area (Å²) < 4.78 is 36.0. The molecular formula is C6H9F3N2. The van der Waals surface area contributed by atoms with Crippen LogP contribution >= 0.6 is 0 Å². The van der Waals surface area contributed by atoms with Gasteiger partial charge in [-0.1, -0.05) is 0 Å². The van der Waals surface area contributed by atoms with E-state index in [2.05, 4.69) is 0 Å². The lowest BCUT2D eigenvalue weighted by atomic mass is 10.5. The fourth-order valence-corrected chi connectivity index (χ4v) is 0.856. The van der Waals surface area contributed by atoms with Crippen molar-refractivity contribution in [2.45, 2.75) is 12.7 Å². The summed E-state index contributed by atoms with van der Waals surface area (Å²) in [5.74, 6) is 0. The Morgan fingerprint density at radius 1 is 1.27 bits per heavy atom. The van der Waals surface area contributed by atoms with Gasteiger partial charge in [0.2, 0.25) is 6.30 Å². The summed E-state index contributed by atoms with van der Waals surface area (Å²) in [6.45, 7) is 0.186. The third-order valence-electron chi connectivity index (χ3n) is 1.42. The second kappa shape index (κ2) is 3.02. The highest BCUT2D eigenvalue weighted by atomic mass is 19.3. The zero-order chi connectivity index (χ0) is 8.43. The van der Waals surface area contributed by atoms with Crippen LogP contribution in [0.5, 0.6) is 0 Å². The van der Waals surface area contributed by atoms with E-state index in [1.807, 2.05) is 0 Å². The highest BCUT2D eigenvalue weighted by molar-refractivity contribution is 4.90. The molecule has 0 aromatic carbocycles. The van der Waals surface area contributed by atoms with Crippen LogP contribution in [0.15, 0.2) is 12.4 Å². The van der Waals surface area contributed by atoms with Gasteiger partial charge >= 0.3 is 0 Å². The molecule has 0 aromatic rings. The minimum absolute atomic E-state index is 0.186. The molecule has 11 heavy (non-hydrogen) atoms. The molecule has 0 fully saturated rings. The van der Waals surface area contributed by atoms with Crippen LogP contribution in [0.4, 0.5) is 13.2 Å². The Labute approximate surface area is 62.9 Å². The summed E-state index contributed by atoms with van der Waals surface area (Å²) in [5, 5.41) is 0. The van der Waals surface area contributed by atoms with Crippen molar-refractivity contribution in [2.24, 2.45) is 0 Å². The molecule has 2 nitrogen and oxygen atoms in total. The summed E-state index contributed by atoms with van der Waals surface area (Å²) in [5.41, 5.74) is 0. The lowest BCUT2D eigenvalue weighted by Gasteiger charge is -2.21. The quantitative estimate of drug-likeness (QED) is 0.569. The molecule has 64 valence electrons. The van der Waals surface area contributed by atoms with Crippen LogP contribution in [-0.4, -0.2) is 36.2 Å². The molecule has 0 spiro atoms. The predicted octanol–water partition coefficient (Wildman–Crippen LogP) is 1.22. The summed E-state index contributed by atoms with van der Waals surface area (Å²) in [7, 11) is 1.69. The average molecular weight is 166 g/mol. The van der Waals surface area contributed by atoms with Gasteiger partial charge in [-0.2, -0.15) is 0 Å². The molecule has 1 rings (SSSR count). The van der Waals surface area contributed by atoms with Crippen molar-refractivity contribution in [3.05, 3.63) is 12.4 Å². The zero-order valence-electron chi connectivity index (χ0n) is 6.04. The van der Waals surface area contributed by atoms with E-state index >= 15 is 0 Å². The van der Waals surface area contributed by atoms with E-state index in [0.717, 1.165) is 4.90 Å². The van der Waals surface area contributed by atoms with Gasteiger partial charge in [-0.05, 0) is 0 Å². The Balaban J connectivity index is 2.44. The topological polar surface area (TPSA) is 6.48 Å². The maximum atomic E-state index is 12.5. The van der Waals surface area contributed by atoms with Crippen LogP contribution < -0.4 is 0 Å². The number of halogens is 3. The molecule has 1 atom stereocenters. The first kappa shape index (κ1) is 8.23. The van der Waals surface area contributed by atoms with E-state index in [1.54, 1.807) is 18.1 Å². The molecule has 0 bridgehead atoms. The van der Waals surface area contributed by atoms with Gasteiger partial charge in [-0.3, -0.25) is 0 Å². The first-order valence-electron chi connectivity index (χ1n) is 3.18. The molecular weight excluding hydrogens is 157 g/mol. The number of alkyl halides is 3.